The number of nitrogens with zero attached hydrogens (tertiary/aromatic N) is 1. The van der Waals surface area contributed by atoms with Crippen LogP contribution in [-0.4, -0.2) is 26.2 Å². The fraction of sp³-hybridized carbons (Fsp3) is 0.154. The lowest BCUT2D eigenvalue weighted by atomic mass is 9.88. The Bertz CT molecular complexity index is 1280. The zero-order chi connectivity index (χ0) is 23.1. The first-order valence-electron chi connectivity index (χ1n) is 10.3. The Hall–Kier alpha value is -3.61. The van der Waals surface area contributed by atoms with Gasteiger partial charge in [-0.1, -0.05) is 66.2 Å². The van der Waals surface area contributed by atoms with Gasteiger partial charge in [-0.05, 0) is 29.3 Å². The van der Waals surface area contributed by atoms with E-state index in [-0.39, 0.29) is 11.3 Å². The van der Waals surface area contributed by atoms with Crippen LogP contribution < -0.4 is 4.90 Å². The van der Waals surface area contributed by atoms with Crippen molar-refractivity contribution in [2.45, 2.75) is 12.3 Å². The molecule has 0 fully saturated rings. The first-order chi connectivity index (χ1) is 16.0. The van der Waals surface area contributed by atoms with Gasteiger partial charge < -0.3 is 19.1 Å². The molecule has 6 nitrogen and oxygen atoms in total. The number of halogens is 1. The molecule has 33 heavy (non-hydrogen) atoms. The van der Waals surface area contributed by atoms with Crippen LogP contribution in [-0.2, 0) is 23.8 Å². The van der Waals surface area contributed by atoms with Crippen molar-refractivity contribution in [1.29, 1.82) is 0 Å². The predicted molar refractivity (Wildman–Crippen MR) is 123 cm³/mol. The summed E-state index contributed by atoms with van der Waals surface area (Å²) in [5, 5.41) is 0.546. The topological polar surface area (TPSA) is 65.1 Å². The number of methoxy groups -OCH3 is 2. The molecular weight excluding hydrogens is 442 g/mol. The van der Waals surface area contributed by atoms with Gasteiger partial charge in [-0.15, -0.1) is 0 Å². The summed E-state index contributed by atoms with van der Waals surface area (Å²) in [4.78, 5) is 28.0. The minimum absolute atomic E-state index is 0.0668. The van der Waals surface area contributed by atoms with Gasteiger partial charge in [0.2, 0.25) is 0 Å². The number of para-hydroxylation sites is 1. The Morgan fingerprint density at radius 1 is 0.848 bits per heavy atom. The highest BCUT2D eigenvalue weighted by atomic mass is 35.5. The SMILES string of the molecule is COC(=O)C1=C(C(=O)OC)N2c3ccccc3-c3ccccc3[C@H]2O[C@@H]1c1ccc(Cl)cc1. The molecule has 2 aliphatic rings. The first kappa shape index (κ1) is 21.2. The van der Waals surface area contributed by atoms with Crippen molar-refractivity contribution in [3.05, 3.63) is 100 Å². The molecule has 166 valence electrons. The van der Waals surface area contributed by atoms with E-state index in [2.05, 4.69) is 0 Å². The van der Waals surface area contributed by atoms with Crippen molar-refractivity contribution in [3.63, 3.8) is 0 Å². The van der Waals surface area contributed by atoms with Crippen LogP contribution in [0.1, 0.15) is 23.5 Å². The van der Waals surface area contributed by atoms with Crippen LogP contribution in [0.2, 0.25) is 5.02 Å². The summed E-state index contributed by atoms with van der Waals surface area (Å²) in [5.41, 5.74) is 4.34. The number of anilines is 1. The van der Waals surface area contributed by atoms with E-state index >= 15 is 0 Å². The highest BCUT2D eigenvalue weighted by molar-refractivity contribution is 6.30. The lowest BCUT2D eigenvalue weighted by molar-refractivity contribution is -0.143. The van der Waals surface area contributed by atoms with Crippen LogP contribution in [0.15, 0.2) is 84.1 Å². The number of carbonyl (C=O) groups is 2. The van der Waals surface area contributed by atoms with E-state index in [1.54, 1.807) is 29.2 Å². The highest BCUT2D eigenvalue weighted by Crippen LogP contribution is 2.52. The lowest BCUT2D eigenvalue weighted by Gasteiger charge is -2.45. The number of hydrogen-bond donors (Lipinski definition) is 0. The van der Waals surface area contributed by atoms with Crippen molar-refractivity contribution in [3.8, 4) is 11.1 Å². The Balaban J connectivity index is 1.83. The van der Waals surface area contributed by atoms with E-state index in [9.17, 15) is 9.59 Å². The molecule has 3 aromatic rings. The van der Waals surface area contributed by atoms with Gasteiger partial charge in [0.05, 0.1) is 19.9 Å². The molecule has 2 atom stereocenters. The summed E-state index contributed by atoms with van der Waals surface area (Å²) >= 11 is 6.09. The fourth-order valence-corrected chi connectivity index (χ4v) is 4.58. The van der Waals surface area contributed by atoms with Gasteiger partial charge in [0.15, 0.2) is 6.23 Å². The predicted octanol–water partition coefficient (Wildman–Crippen LogP) is 5.20. The van der Waals surface area contributed by atoms with E-state index in [1.165, 1.54) is 14.2 Å². The third-order valence-corrected chi connectivity index (χ3v) is 6.15. The Morgan fingerprint density at radius 3 is 2.18 bits per heavy atom. The number of hydrogen-bond acceptors (Lipinski definition) is 6. The Labute approximate surface area is 195 Å². The molecular formula is C26H20ClNO5. The van der Waals surface area contributed by atoms with Gasteiger partial charge in [-0.3, -0.25) is 0 Å². The number of carbonyl (C=O) groups excluding carboxylic acids is 2. The Morgan fingerprint density at radius 2 is 1.48 bits per heavy atom. The Kier molecular flexibility index (Phi) is 5.40. The molecule has 0 saturated heterocycles. The van der Waals surface area contributed by atoms with E-state index in [1.807, 2.05) is 48.5 Å². The quantitative estimate of drug-likeness (QED) is 0.500. The molecule has 0 radical (unpaired) electrons. The second kappa shape index (κ2) is 8.39. The summed E-state index contributed by atoms with van der Waals surface area (Å²) in [7, 11) is 2.56. The zero-order valence-corrected chi connectivity index (χ0v) is 18.7. The van der Waals surface area contributed by atoms with Crippen molar-refractivity contribution >= 4 is 29.2 Å². The van der Waals surface area contributed by atoms with E-state index in [0.29, 0.717) is 10.6 Å². The molecule has 7 heteroatoms. The molecule has 0 N–H and O–H groups in total. The molecule has 5 rings (SSSR count). The maximum Gasteiger partial charge on any atom is 0.355 e. The average Bonchev–Trinajstić information content (AvgIpc) is 2.87. The number of ether oxygens (including phenoxy) is 3. The van der Waals surface area contributed by atoms with Gasteiger partial charge in [0, 0.05) is 16.1 Å². The maximum absolute atomic E-state index is 13.2. The monoisotopic (exact) mass is 461 g/mol. The van der Waals surface area contributed by atoms with Crippen molar-refractivity contribution in [1.82, 2.24) is 0 Å². The number of benzene rings is 3. The summed E-state index contributed by atoms with van der Waals surface area (Å²) in [6, 6.07) is 22.5. The second-order valence-electron chi connectivity index (χ2n) is 7.64. The molecule has 0 amide bonds. The fourth-order valence-electron chi connectivity index (χ4n) is 4.46. The number of fused-ring (bicyclic) bond motifs is 6. The molecule has 2 heterocycles. The van der Waals surface area contributed by atoms with E-state index in [0.717, 1.165) is 22.4 Å². The van der Waals surface area contributed by atoms with Crippen LogP contribution in [0.3, 0.4) is 0 Å². The highest BCUT2D eigenvalue weighted by Gasteiger charge is 2.47. The van der Waals surface area contributed by atoms with Crippen LogP contribution in [0.5, 0.6) is 0 Å². The standard InChI is InChI=1S/C26H20ClNO5/c1-31-25(29)21-22(26(30)32-2)28-20-10-6-5-8-18(20)17-7-3-4-9-19(17)24(28)33-23(21)15-11-13-16(27)14-12-15/h3-14,23-24H,1-2H3/t23-,24-/m1/s1. The maximum atomic E-state index is 13.2. The van der Waals surface area contributed by atoms with Gasteiger partial charge in [-0.25, -0.2) is 9.59 Å². The molecule has 0 spiro atoms. The zero-order valence-electron chi connectivity index (χ0n) is 17.9. The minimum Gasteiger partial charge on any atom is -0.466 e. The number of esters is 2. The third kappa shape index (κ3) is 3.39. The lowest BCUT2D eigenvalue weighted by Crippen LogP contribution is -2.44. The van der Waals surface area contributed by atoms with Crippen molar-refractivity contribution < 1.29 is 23.8 Å². The molecule has 0 bridgehead atoms. The van der Waals surface area contributed by atoms with Gasteiger partial charge in [-0.2, -0.15) is 0 Å². The molecule has 0 saturated carbocycles. The summed E-state index contributed by atoms with van der Waals surface area (Å²) in [5.74, 6) is -1.33. The van der Waals surface area contributed by atoms with E-state index < -0.39 is 24.3 Å². The largest absolute Gasteiger partial charge is 0.466 e. The van der Waals surface area contributed by atoms with Crippen LogP contribution in [0.25, 0.3) is 11.1 Å². The molecule has 2 aliphatic heterocycles. The van der Waals surface area contributed by atoms with Gasteiger partial charge in [0.1, 0.15) is 17.4 Å². The summed E-state index contributed by atoms with van der Waals surface area (Å²) in [6.07, 6.45) is -1.54. The molecule has 0 unspecified atom stereocenters. The van der Waals surface area contributed by atoms with Crippen molar-refractivity contribution in [2.75, 3.05) is 19.1 Å². The van der Waals surface area contributed by atoms with E-state index in [4.69, 9.17) is 25.8 Å². The molecule has 0 aromatic heterocycles. The van der Waals surface area contributed by atoms with Gasteiger partial charge in [0.25, 0.3) is 0 Å². The molecule has 0 aliphatic carbocycles. The van der Waals surface area contributed by atoms with Crippen LogP contribution in [0, 0.1) is 0 Å². The second-order valence-corrected chi connectivity index (χ2v) is 8.08. The smallest absolute Gasteiger partial charge is 0.355 e. The van der Waals surface area contributed by atoms with Gasteiger partial charge >= 0.3 is 11.9 Å². The average molecular weight is 462 g/mol. The normalized spacial score (nSPS) is 18.7. The third-order valence-electron chi connectivity index (χ3n) is 5.90. The minimum atomic E-state index is -0.872. The summed E-state index contributed by atoms with van der Waals surface area (Å²) < 4.78 is 16.8. The van der Waals surface area contributed by atoms with Crippen molar-refractivity contribution in [2.24, 2.45) is 0 Å². The first-order valence-corrected chi connectivity index (χ1v) is 10.7. The van der Waals surface area contributed by atoms with Crippen LogP contribution >= 0.6 is 11.6 Å². The van der Waals surface area contributed by atoms with Crippen LogP contribution in [0.4, 0.5) is 5.69 Å². The summed E-state index contributed by atoms with van der Waals surface area (Å²) in [6.45, 7) is 0. The number of rotatable bonds is 3. The molecule has 3 aromatic carbocycles.